The number of hydrogen-bond acceptors (Lipinski definition) is 4. The standard InChI is InChI=1S/C11H23NOS2/c1-2-3-4-10-14-15-11-7-12-5-8-13-9-6-12/h2-11H2,1H3. The van der Waals surface area contributed by atoms with E-state index in [4.69, 9.17) is 4.74 Å². The Labute approximate surface area is 102 Å². The highest BCUT2D eigenvalue weighted by molar-refractivity contribution is 8.76. The van der Waals surface area contributed by atoms with Crippen LogP contribution in [-0.4, -0.2) is 49.3 Å². The van der Waals surface area contributed by atoms with Gasteiger partial charge in [0.2, 0.25) is 0 Å². The molecule has 1 aliphatic heterocycles. The van der Waals surface area contributed by atoms with Crippen LogP contribution in [-0.2, 0) is 4.74 Å². The second-order valence-electron chi connectivity index (χ2n) is 3.81. The van der Waals surface area contributed by atoms with Crippen molar-refractivity contribution >= 4 is 21.6 Å². The van der Waals surface area contributed by atoms with Gasteiger partial charge in [0.1, 0.15) is 0 Å². The largest absolute Gasteiger partial charge is 0.379 e. The van der Waals surface area contributed by atoms with Crippen molar-refractivity contribution < 1.29 is 4.74 Å². The number of unbranched alkanes of at least 4 members (excludes halogenated alkanes) is 2. The lowest BCUT2D eigenvalue weighted by atomic mass is 10.3. The van der Waals surface area contributed by atoms with E-state index in [9.17, 15) is 0 Å². The van der Waals surface area contributed by atoms with Crippen LogP contribution in [0.2, 0.25) is 0 Å². The Morgan fingerprint density at radius 1 is 1.07 bits per heavy atom. The molecule has 0 aliphatic carbocycles. The molecule has 1 fully saturated rings. The minimum atomic E-state index is 0.925. The lowest BCUT2D eigenvalue weighted by molar-refractivity contribution is 0.0410. The van der Waals surface area contributed by atoms with Crippen LogP contribution in [0.25, 0.3) is 0 Å². The summed E-state index contributed by atoms with van der Waals surface area (Å²) < 4.78 is 5.32. The van der Waals surface area contributed by atoms with Crippen LogP contribution in [0, 0.1) is 0 Å². The molecule has 0 saturated carbocycles. The zero-order valence-corrected chi connectivity index (χ0v) is 11.4. The maximum Gasteiger partial charge on any atom is 0.0594 e. The SMILES string of the molecule is CCCCCSSCCN1CCOCC1. The zero-order valence-electron chi connectivity index (χ0n) is 9.74. The predicted octanol–water partition coefficient (Wildman–Crippen LogP) is 2.89. The summed E-state index contributed by atoms with van der Waals surface area (Å²) in [5, 5.41) is 0. The second kappa shape index (κ2) is 9.82. The van der Waals surface area contributed by atoms with Crippen molar-refractivity contribution in [1.82, 2.24) is 4.90 Å². The van der Waals surface area contributed by atoms with Crippen molar-refractivity contribution in [2.24, 2.45) is 0 Å². The van der Waals surface area contributed by atoms with Crippen molar-refractivity contribution in [2.45, 2.75) is 26.2 Å². The molecule has 0 amide bonds. The van der Waals surface area contributed by atoms with E-state index in [1.807, 2.05) is 21.6 Å². The predicted molar refractivity (Wildman–Crippen MR) is 71.7 cm³/mol. The Morgan fingerprint density at radius 2 is 1.80 bits per heavy atom. The van der Waals surface area contributed by atoms with Gasteiger partial charge in [-0.05, 0) is 6.42 Å². The molecule has 0 unspecified atom stereocenters. The number of morpholine rings is 1. The third-order valence-corrected chi connectivity index (χ3v) is 4.98. The Kier molecular flexibility index (Phi) is 8.96. The molecule has 1 rings (SSSR count). The Morgan fingerprint density at radius 3 is 2.53 bits per heavy atom. The van der Waals surface area contributed by atoms with E-state index in [1.54, 1.807) is 0 Å². The lowest BCUT2D eigenvalue weighted by Gasteiger charge is -2.26. The highest BCUT2D eigenvalue weighted by atomic mass is 33.1. The molecule has 15 heavy (non-hydrogen) atoms. The van der Waals surface area contributed by atoms with Gasteiger partial charge >= 0.3 is 0 Å². The van der Waals surface area contributed by atoms with E-state index in [1.165, 1.54) is 37.3 Å². The van der Waals surface area contributed by atoms with E-state index in [2.05, 4.69) is 11.8 Å². The van der Waals surface area contributed by atoms with Gasteiger partial charge in [-0.1, -0.05) is 41.4 Å². The van der Waals surface area contributed by atoms with Gasteiger partial charge < -0.3 is 4.74 Å². The molecule has 90 valence electrons. The summed E-state index contributed by atoms with van der Waals surface area (Å²) in [4.78, 5) is 2.50. The van der Waals surface area contributed by atoms with Crippen molar-refractivity contribution in [3.8, 4) is 0 Å². The van der Waals surface area contributed by atoms with Crippen LogP contribution in [0.1, 0.15) is 26.2 Å². The van der Waals surface area contributed by atoms with Crippen molar-refractivity contribution in [1.29, 1.82) is 0 Å². The van der Waals surface area contributed by atoms with Crippen LogP contribution in [0.3, 0.4) is 0 Å². The van der Waals surface area contributed by atoms with Gasteiger partial charge in [0.05, 0.1) is 13.2 Å². The first kappa shape index (κ1) is 13.7. The van der Waals surface area contributed by atoms with Gasteiger partial charge in [0.25, 0.3) is 0 Å². The van der Waals surface area contributed by atoms with Crippen LogP contribution >= 0.6 is 21.6 Å². The van der Waals surface area contributed by atoms with Gasteiger partial charge in [-0.3, -0.25) is 4.90 Å². The van der Waals surface area contributed by atoms with Crippen molar-refractivity contribution in [2.75, 3.05) is 44.4 Å². The van der Waals surface area contributed by atoms with E-state index in [0.717, 1.165) is 26.3 Å². The van der Waals surface area contributed by atoms with E-state index < -0.39 is 0 Å². The van der Waals surface area contributed by atoms with E-state index >= 15 is 0 Å². The fraction of sp³-hybridized carbons (Fsp3) is 1.00. The first-order chi connectivity index (χ1) is 7.43. The summed E-state index contributed by atoms with van der Waals surface area (Å²) in [6.07, 6.45) is 4.10. The molecule has 1 saturated heterocycles. The van der Waals surface area contributed by atoms with Gasteiger partial charge in [-0.2, -0.15) is 0 Å². The maximum absolute atomic E-state index is 5.32. The fourth-order valence-corrected chi connectivity index (χ4v) is 3.69. The van der Waals surface area contributed by atoms with Gasteiger partial charge in [0, 0.05) is 31.1 Å². The molecule has 0 aromatic rings. The molecule has 1 heterocycles. The monoisotopic (exact) mass is 249 g/mol. The Bertz CT molecular complexity index is 141. The maximum atomic E-state index is 5.32. The highest BCUT2D eigenvalue weighted by Gasteiger charge is 2.08. The third kappa shape index (κ3) is 7.50. The molecule has 0 bridgehead atoms. The molecule has 0 radical (unpaired) electrons. The molecule has 0 atom stereocenters. The summed E-state index contributed by atoms with van der Waals surface area (Å²) in [6.45, 7) is 7.59. The Hall–Kier alpha value is 0.620. The number of ether oxygens (including phenoxy) is 1. The van der Waals surface area contributed by atoms with Crippen LogP contribution in [0.4, 0.5) is 0 Å². The molecule has 0 aromatic carbocycles. The zero-order chi connectivity index (χ0) is 10.8. The topological polar surface area (TPSA) is 12.5 Å². The summed E-state index contributed by atoms with van der Waals surface area (Å²) in [7, 11) is 4.07. The summed E-state index contributed by atoms with van der Waals surface area (Å²) >= 11 is 0. The quantitative estimate of drug-likeness (QED) is 0.484. The molecule has 0 spiro atoms. The highest BCUT2D eigenvalue weighted by Crippen LogP contribution is 2.22. The first-order valence-electron chi connectivity index (χ1n) is 5.98. The lowest BCUT2D eigenvalue weighted by Crippen LogP contribution is -2.37. The number of rotatable bonds is 8. The molecule has 2 nitrogen and oxygen atoms in total. The van der Waals surface area contributed by atoms with Crippen LogP contribution in [0.15, 0.2) is 0 Å². The van der Waals surface area contributed by atoms with Crippen LogP contribution in [0.5, 0.6) is 0 Å². The molecular formula is C11H23NOS2. The number of nitrogens with zero attached hydrogens (tertiary/aromatic N) is 1. The molecule has 4 heteroatoms. The average molecular weight is 249 g/mol. The van der Waals surface area contributed by atoms with E-state index in [-0.39, 0.29) is 0 Å². The smallest absolute Gasteiger partial charge is 0.0594 e. The van der Waals surface area contributed by atoms with Gasteiger partial charge in [0.15, 0.2) is 0 Å². The first-order valence-corrected chi connectivity index (χ1v) is 8.47. The van der Waals surface area contributed by atoms with Gasteiger partial charge in [-0.15, -0.1) is 0 Å². The minimum absolute atomic E-state index is 0.925. The molecule has 1 aliphatic rings. The average Bonchev–Trinajstić information content (AvgIpc) is 2.29. The third-order valence-electron chi connectivity index (χ3n) is 2.51. The molecular weight excluding hydrogens is 226 g/mol. The fourth-order valence-electron chi connectivity index (χ4n) is 1.52. The molecule has 0 aromatic heterocycles. The second-order valence-corrected chi connectivity index (χ2v) is 6.51. The summed E-state index contributed by atoms with van der Waals surface area (Å²) in [6, 6.07) is 0. The van der Waals surface area contributed by atoms with Gasteiger partial charge in [-0.25, -0.2) is 0 Å². The molecule has 0 N–H and O–H groups in total. The summed E-state index contributed by atoms with van der Waals surface area (Å²) in [5.74, 6) is 2.58. The summed E-state index contributed by atoms with van der Waals surface area (Å²) in [5.41, 5.74) is 0. The van der Waals surface area contributed by atoms with Crippen molar-refractivity contribution in [3.63, 3.8) is 0 Å². The number of hydrogen-bond donors (Lipinski definition) is 0. The normalized spacial score (nSPS) is 18.2. The Balaban J connectivity index is 1.79. The minimum Gasteiger partial charge on any atom is -0.379 e. The van der Waals surface area contributed by atoms with Crippen LogP contribution < -0.4 is 0 Å². The van der Waals surface area contributed by atoms with Crippen molar-refractivity contribution in [3.05, 3.63) is 0 Å². The van der Waals surface area contributed by atoms with E-state index in [0.29, 0.717) is 0 Å².